The third kappa shape index (κ3) is 4.04. The molecule has 4 aromatic rings. The molecular weight excluding hydrogens is 470 g/mol. The van der Waals surface area contributed by atoms with Crippen LogP contribution in [0.5, 0.6) is 0 Å². The Morgan fingerprint density at radius 2 is 1.73 bits per heavy atom. The number of fused-ring (bicyclic) bond motifs is 4. The number of benzene rings is 2. The summed E-state index contributed by atoms with van der Waals surface area (Å²) in [6.45, 7) is 6.67. The Labute approximate surface area is 213 Å². The second kappa shape index (κ2) is 8.47. The number of aromatic nitrogens is 2. The summed E-state index contributed by atoms with van der Waals surface area (Å²) in [5.41, 5.74) is 2.00. The van der Waals surface area contributed by atoms with Crippen LogP contribution in [0.15, 0.2) is 59.0 Å². The van der Waals surface area contributed by atoms with E-state index in [0.717, 1.165) is 10.9 Å². The largest absolute Gasteiger partial charge is 0.432 e. The monoisotopic (exact) mass is 499 g/mol. The smallest absolute Gasteiger partial charge is 0.310 e. The van der Waals surface area contributed by atoms with Gasteiger partial charge in [0, 0.05) is 24.0 Å². The minimum Gasteiger partial charge on any atom is -0.432 e. The van der Waals surface area contributed by atoms with Crippen molar-refractivity contribution in [2.45, 2.75) is 45.3 Å². The summed E-state index contributed by atoms with van der Waals surface area (Å²) < 4.78 is 5.68. The van der Waals surface area contributed by atoms with Crippen LogP contribution in [-0.2, 0) is 4.79 Å². The summed E-state index contributed by atoms with van der Waals surface area (Å²) >= 11 is 0. The van der Waals surface area contributed by atoms with Crippen LogP contribution in [-0.4, -0.2) is 68.7 Å². The average molecular weight is 500 g/mol. The molecule has 2 unspecified atom stereocenters. The Balaban J connectivity index is 1.17. The van der Waals surface area contributed by atoms with Crippen molar-refractivity contribution in [3.05, 3.63) is 66.2 Å². The van der Waals surface area contributed by atoms with Gasteiger partial charge in [-0.3, -0.25) is 14.4 Å². The standard InChI is InChI=1S/C28H29N5O4/c1-28(2,3)23(31-24(34)21-12-16-8-4-5-9-19(16)29-21)26(35)32-14-18-13-17(32)15-33(18)27(36)25-30-20-10-6-7-11-22(20)37-25/h4-12,17-18,23,29H,13-15H2,1-3H3,(H,31,34)/t17?,18?,23-/m1/s1. The molecule has 9 heteroatoms. The van der Waals surface area contributed by atoms with Gasteiger partial charge in [-0.1, -0.05) is 51.1 Å². The van der Waals surface area contributed by atoms with Crippen molar-refractivity contribution in [1.29, 1.82) is 0 Å². The van der Waals surface area contributed by atoms with E-state index in [-0.39, 0.29) is 35.7 Å². The molecular formula is C28H29N5O4. The molecule has 0 spiro atoms. The molecule has 3 amide bonds. The zero-order valence-corrected chi connectivity index (χ0v) is 21.0. The predicted molar refractivity (Wildman–Crippen MR) is 138 cm³/mol. The number of oxazole rings is 1. The molecule has 2 aliphatic heterocycles. The lowest BCUT2D eigenvalue weighted by molar-refractivity contribution is -0.138. The van der Waals surface area contributed by atoms with Crippen LogP contribution in [0.3, 0.4) is 0 Å². The van der Waals surface area contributed by atoms with E-state index >= 15 is 0 Å². The summed E-state index contributed by atoms with van der Waals surface area (Å²) in [5, 5.41) is 3.92. The van der Waals surface area contributed by atoms with E-state index in [0.29, 0.717) is 36.3 Å². The summed E-state index contributed by atoms with van der Waals surface area (Å²) in [6.07, 6.45) is 0.699. The molecule has 6 rings (SSSR count). The molecule has 190 valence electrons. The van der Waals surface area contributed by atoms with Crippen LogP contribution >= 0.6 is 0 Å². The van der Waals surface area contributed by atoms with E-state index in [2.05, 4.69) is 15.3 Å². The number of nitrogens with zero attached hydrogens (tertiary/aromatic N) is 3. The molecule has 4 heterocycles. The molecule has 0 aliphatic carbocycles. The maximum absolute atomic E-state index is 13.8. The Kier molecular flexibility index (Phi) is 5.33. The van der Waals surface area contributed by atoms with Gasteiger partial charge in [-0.05, 0) is 36.1 Å². The SMILES string of the molecule is CC(C)(C)[C@H](NC(=O)c1cc2ccccc2[nH]1)C(=O)N1CC2CC1CN2C(=O)c1nc2ccccc2o1. The van der Waals surface area contributed by atoms with Crippen LogP contribution in [0.4, 0.5) is 0 Å². The zero-order valence-electron chi connectivity index (χ0n) is 21.0. The fourth-order valence-electron chi connectivity index (χ4n) is 5.49. The fourth-order valence-corrected chi connectivity index (χ4v) is 5.49. The lowest BCUT2D eigenvalue weighted by atomic mass is 9.85. The van der Waals surface area contributed by atoms with Gasteiger partial charge < -0.3 is 24.5 Å². The van der Waals surface area contributed by atoms with Crippen molar-refractivity contribution < 1.29 is 18.8 Å². The highest BCUT2D eigenvalue weighted by atomic mass is 16.4. The summed E-state index contributed by atoms with van der Waals surface area (Å²) in [6, 6.07) is 15.8. The second-order valence-electron chi connectivity index (χ2n) is 11.0. The van der Waals surface area contributed by atoms with Crippen LogP contribution in [0.25, 0.3) is 22.0 Å². The molecule has 2 fully saturated rings. The van der Waals surface area contributed by atoms with Crippen molar-refractivity contribution in [2.75, 3.05) is 13.1 Å². The number of hydrogen-bond acceptors (Lipinski definition) is 5. The van der Waals surface area contributed by atoms with E-state index in [1.165, 1.54) is 0 Å². The molecule has 2 aromatic heterocycles. The number of para-hydroxylation sites is 3. The molecule has 3 atom stereocenters. The van der Waals surface area contributed by atoms with Gasteiger partial charge in [0.15, 0.2) is 5.58 Å². The molecule has 2 aliphatic rings. The third-order valence-electron chi connectivity index (χ3n) is 7.42. The first kappa shape index (κ1) is 23.3. The minimum atomic E-state index is -0.716. The van der Waals surface area contributed by atoms with E-state index < -0.39 is 11.5 Å². The van der Waals surface area contributed by atoms with Gasteiger partial charge in [-0.15, -0.1) is 0 Å². The first-order valence-corrected chi connectivity index (χ1v) is 12.5. The lowest BCUT2D eigenvalue weighted by Crippen LogP contribution is -2.59. The number of amides is 3. The molecule has 0 radical (unpaired) electrons. The van der Waals surface area contributed by atoms with Gasteiger partial charge in [0.2, 0.25) is 5.91 Å². The predicted octanol–water partition coefficient (Wildman–Crippen LogP) is 3.58. The van der Waals surface area contributed by atoms with Crippen molar-refractivity contribution in [3.8, 4) is 0 Å². The number of aromatic amines is 1. The van der Waals surface area contributed by atoms with Gasteiger partial charge in [0.1, 0.15) is 17.3 Å². The molecule has 2 N–H and O–H groups in total. The Bertz CT molecular complexity index is 1460. The van der Waals surface area contributed by atoms with Crippen molar-refractivity contribution >= 4 is 39.7 Å². The molecule has 0 saturated carbocycles. The van der Waals surface area contributed by atoms with E-state index in [1.54, 1.807) is 17.0 Å². The third-order valence-corrected chi connectivity index (χ3v) is 7.42. The first-order valence-electron chi connectivity index (χ1n) is 12.5. The summed E-state index contributed by atoms with van der Waals surface area (Å²) in [4.78, 5) is 51.1. The topological polar surface area (TPSA) is 112 Å². The molecule has 2 bridgehead atoms. The Hall–Kier alpha value is -4.14. The van der Waals surface area contributed by atoms with Crippen molar-refractivity contribution in [3.63, 3.8) is 0 Å². The number of likely N-dealkylation sites (tertiary alicyclic amines) is 2. The van der Waals surface area contributed by atoms with E-state index in [9.17, 15) is 14.4 Å². The molecule has 2 aromatic carbocycles. The fraction of sp³-hybridized carbons (Fsp3) is 0.357. The maximum atomic E-state index is 13.8. The van der Waals surface area contributed by atoms with Gasteiger partial charge >= 0.3 is 5.91 Å². The number of piperazine rings is 1. The summed E-state index contributed by atoms with van der Waals surface area (Å²) in [5.74, 6) is -0.625. The molecule has 37 heavy (non-hydrogen) atoms. The number of hydrogen-bond donors (Lipinski definition) is 2. The maximum Gasteiger partial charge on any atom is 0.310 e. The van der Waals surface area contributed by atoms with Crippen molar-refractivity contribution in [1.82, 2.24) is 25.1 Å². The molecule has 9 nitrogen and oxygen atoms in total. The van der Waals surface area contributed by atoms with Gasteiger partial charge in [0.05, 0.1) is 12.1 Å². The Morgan fingerprint density at radius 3 is 2.43 bits per heavy atom. The minimum absolute atomic E-state index is 0.0739. The number of H-pyrrole nitrogens is 1. The number of rotatable bonds is 4. The van der Waals surface area contributed by atoms with Crippen LogP contribution in [0.1, 0.15) is 48.4 Å². The quantitative estimate of drug-likeness (QED) is 0.446. The van der Waals surface area contributed by atoms with Crippen LogP contribution in [0.2, 0.25) is 0 Å². The normalized spacial score (nSPS) is 20.1. The van der Waals surface area contributed by atoms with Gasteiger partial charge in [0.25, 0.3) is 11.8 Å². The highest BCUT2D eigenvalue weighted by Crippen LogP contribution is 2.34. The highest BCUT2D eigenvalue weighted by Gasteiger charge is 2.50. The number of nitrogens with one attached hydrogen (secondary N) is 2. The van der Waals surface area contributed by atoms with Crippen molar-refractivity contribution in [2.24, 2.45) is 5.41 Å². The van der Waals surface area contributed by atoms with Crippen LogP contribution < -0.4 is 5.32 Å². The Morgan fingerprint density at radius 1 is 1.03 bits per heavy atom. The average Bonchev–Trinajstić information content (AvgIpc) is 3.66. The van der Waals surface area contributed by atoms with E-state index in [4.69, 9.17) is 4.42 Å². The van der Waals surface area contributed by atoms with Gasteiger partial charge in [-0.2, -0.15) is 0 Å². The van der Waals surface area contributed by atoms with Gasteiger partial charge in [-0.25, -0.2) is 4.98 Å². The zero-order chi connectivity index (χ0) is 25.9. The lowest BCUT2D eigenvalue weighted by Gasteiger charge is -2.39. The molecule has 2 saturated heterocycles. The summed E-state index contributed by atoms with van der Waals surface area (Å²) in [7, 11) is 0. The number of carbonyl (C=O) groups is 3. The second-order valence-corrected chi connectivity index (χ2v) is 11.0. The van der Waals surface area contributed by atoms with E-state index in [1.807, 2.05) is 68.1 Å². The number of carbonyl (C=O) groups excluding carboxylic acids is 3. The highest BCUT2D eigenvalue weighted by molar-refractivity contribution is 6.00. The first-order chi connectivity index (χ1) is 17.7. The van der Waals surface area contributed by atoms with Crippen LogP contribution in [0, 0.1) is 5.41 Å².